The Hall–Kier alpha value is -1.29. The molecule has 1 aliphatic heterocycles. The van der Waals surface area contributed by atoms with E-state index in [0.29, 0.717) is 25.6 Å². The van der Waals surface area contributed by atoms with Crippen molar-refractivity contribution in [2.45, 2.75) is 25.4 Å². The molecule has 0 aromatic carbocycles. The summed E-state index contributed by atoms with van der Waals surface area (Å²) in [6.45, 7) is 3.98. The molecule has 1 saturated heterocycles. The summed E-state index contributed by atoms with van der Waals surface area (Å²) in [6, 6.07) is 3.81. The highest BCUT2D eigenvalue weighted by molar-refractivity contribution is 5.55. The van der Waals surface area contributed by atoms with Crippen molar-refractivity contribution in [3.63, 3.8) is 0 Å². The van der Waals surface area contributed by atoms with E-state index < -0.39 is 5.60 Å². The molecule has 2 heterocycles. The minimum Gasteiger partial charge on any atom is -0.490 e. The maximum Gasteiger partial charge on any atom is 0.171 e. The van der Waals surface area contributed by atoms with Gasteiger partial charge in [-0.15, -0.1) is 0 Å². The van der Waals surface area contributed by atoms with E-state index in [0.717, 1.165) is 11.6 Å². The van der Waals surface area contributed by atoms with E-state index in [2.05, 4.69) is 9.88 Å². The summed E-state index contributed by atoms with van der Waals surface area (Å²) in [7, 11) is 0. The Bertz CT molecular complexity index is 412. The Morgan fingerprint density at radius 3 is 2.94 bits per heavy atom. The molecule has 0 spiro atoms. The summed E-state index contributed by atoms with van der Waals surface area (Å²) in [4.78, 5) is 6.45. The highest BCUT2D eigenvalue weighted by atomic mass is 16.5. The van der Waals surface area contributed by atoms with Crippen molar-refractivity contribution >= 4 is 5.82 Å². The predicted molar refractivity (Wildman–Crippen MR) is 65.3 cm³/mol. The van der Waals surface area contributed by atoms with Crippen LogP contribution in [0.2, 0.25) is 0 Å². The van der Waals surface area contributed by atoms with E-state index in [-0.39, 0.29) is 0 Å². The van der Waals surface area contributed by atoms with Gasteiger partial charge in [0.15, 0.2) is 11.6 Å². The molecule has 0 radical (unpaired) electrons. The normalized spacial score (nSPS) is 22.1. The van der Waals surface area contributed by atoms with Crippen LogP contribution in [-0.2, 0) is 0 Å². The molecule has 4 nitrogen and oxygen atoms in total. The quantitative estimate of drug-likeness (QED) is 0.856. The van der Waals surface area contributed by atoms with Gasteiger partial charge in [0.2, 0.25) is 0 Å². The second-order valence-corrected chi connectivity index (χ2v) is 4.99. The molecule has 1 N–H and O–H groups in total. The molecule has 2 aliphatic rings. The number of aromatic nitrogens is 1. The van der Waals surface area contributed by atoms with Gasteiger partial charge in [0, 0.05) is 6.20 Å². The van der Waals surface area contributed by atoms with Crippen LogP contribution in [0.15, 0.2) is 18.3 Å². The number of hydrogen-bond acceptors (Lipinski definition) is 4. The number of β-amino-alcohol motifs (C(OH)–C–C–N with tert-alkyl or cyclic N) is 1. The molecule has 4 heteroatoms. The van der Waals surface area contributed by atoms with Crippen molar-refractivity contribution in [1.29, 1.82) is 0 Å². The molecular formula is C13H18N2O2. The molecule has 1 aromatic rings. The van der Waals surface area contributed by atoms with Gasteiger partial charge >= 0.3 is 0 Å². The predicted octanol–water partition coefficient (Wildman–Crippen LogP) is 1.44. The van der Waals surface area contributed by atoms with Crippen LogP contribution in [0, 0.1) is 5.92 Å². The van der Waals surface area contributed by atoms with Gasteiger partial charge in [-0.2, -0.15) is 0 Å². The van der Waals surface area contributed by atoms with Crippen molar-refractivity contribution in [2.24, 2.45) is 5.92 Å². The minimum atomic E-state index is -0.471. The molecule has 1 saturated carbocycles. The molecule has 0 amide bonds. The lowest BCUT2D eigenvalue weighted by molar-refractivity contribution is -0.00998. The smallest absolute Gasteiger partial charge is 0.171 e. The lowest BCUT2D eigenvalue weighted by atomic mass is 9.89. The third kappa shape index (κ3) is 1.86. The lowest BCUT2D eigenvalue weighted by Crippen LogP contribution is -2.63. The lowest BCUT2D eigenvalue weighted by Gasteiger charge is -2.47. The van der Waals surface area contributed by atoms with Gasteiger partial charge in [-0.3, -0.25) is 0 Å². The van der Waals surface area contributed by atoms with Gasteiger partial charge < -0.3 is 14.7 Å². The summed E-state index contributed by atoms with van der Waals surface area (Å²) in [6.07, 6.45) is 4.11. The maximum atomic E-state index is 10.3. The Kier molecular flexibility index (Phi) is 2.47. The number of anilines is 1. The summed E-state index contributed by atoms with van der Waals surface area (Å²) < 4.78 is 5.55. The fourth-order valence-electron chi connectivity index (χ4n) is 2.53. The molecule has 17 heavy (non-hydrogen) atoms. The summed E-state index contributed by atoms with van der Waals surface area (Å²) >= 11 is 0. The number of pyridine rings is 1. The topological polar surface area (TPSA) is 45.6 Å². The first-order valence-electron chi connectivity index (χ1n) is 6.28. The first-order chi connectivity index (χ1) is 8.23. The molecule has 0 unspecified atom stereocenters. The Balaban J connectivity index is 1.73. The van der Waals surface area contributed by atoms with Crippen molar-refractivity contribution in [3.8, 4) is 5.75 Å². The number of ether oxygens (including phenoxy) is 1. The number of aliphatic hydroxyl groups is 1. The molecule has 1 aliphatic carbocycles. The van der Waals surface area contributed by atoms with Gasteiger partial charge in [-0.05, 0) is 37.8 Å². The van der Waals surface area contributed by atoms with Crippen LogP contribution >= 0.6 is 0 Å². The number of hydrogen-bond donors (Lipinski definition) is 1. The molecule has 0 bridgehead atoms. The highest BCUT2D eigenvalue weighted by Gasteiger charge is 2.52. The fraction of sp³-hybridized carbons (Fsp3) is 0.615. The van der Waals surface area contributed by atoms with Crippen LogP contribution in [-0.4, -0.2) is 35.4 Å². The molecule has 92 valence electrons. The highest BCUT2D eigenvalue weighted by Crippen LogP contribution is 2.46. The van der Waals surface area contributed by atoms with Crippen LogP contribution in [0.4, 0.5) is 5.82 Å². The van der Waals surface area contributed by atoms with Crippen LogP contribution in [0.5, 0.6) is 5.75 Å². The van der Waals surface area contributed by atoms with E-state index in [1.807, 2.05) is 19.1 Å². The molecular weight excluding hydrogens is 216 g/mol. The summed E-state index contributed by atoms with van der Waals surface area (Å²) in [5.41, 5.74) is -0.471. The first kappa shape index (κ1) is 10.8. The Labute approximate surface area is 101 Å². The SMILES string of the molecule is CCOc1cccnc1N1CC(O)(C2CC2)C1. The third-order valence-corrected chi connectivity index (χ3v) is 3.62. The second-order valence-electron chi connectivity index (χ2n) is 4.99. The Morgan fingerprint density at radius 2 is 2.29 bits per heavy atom. The zero-order chi connectivity index (χ0) is 11.9. The second kappa shape index (κ2) is 3.88. The largest absolute Gasteiger partial charge is 0.490 e. The van der Waals surface area contributed by atoms with E-state index in [1.54, 1.807) is 6.20 Å². The minimum absolute atomic E-state index is 0.471. The van der Waals surface area contributed by atoms with E-state index in [1.165, 1.54) is 12.8 Å². The summed E-state index contributed by atoms with van der Waals surface area (Å²) in [5.74, 6) is 2.19. The van der Waals surface area contributed by atoms with E-state index in [4.69, 9.17) is 4.74 Å². The van der Waals surface area contributed by atoms with Crippen molar-refractivity contribution < 1.29 is 9.84 Å². The third-order valence-electron chi connectivity index (χ3n) is 3.62. The van der Waals surface area contributed by atoms with Crippen LogP contribution in [0.25, 0.3) is 0 Å². The van der Waals surface area contributed by atoms with E-state index >= 15 is 0 Å². The number of rotatable bonds is 4. The van der Waals surface area contributed by atoms with Crippen molar-refractivity contribution in [2.75, 3.05) is 24.6 Å². The van der Waals surface area contributed by atoms with Crippen LogP contribution in [0.1, 0.15) is 19.8 Å². The summed E-state index contributed by atoms with van der Waals surface area (Å²) in [5, 5.41) is 10.3. The maximum absolute atomic E-state index is 10.3. The van der Waals surface area contributed by atoms with E-state index in [9.17, 15) is 5.11 Å². The monoisotopic (exact) mass is 234 g/mol. The standard InChI is InChI=1S/C13H18N2O2/c1-2-17-11-4-3-7-14-12(11)15-8-13(16,9-15)10-5-6-10/h3-4,7,10,16H,2,5-6,8-9H2,1H3. The molecule has 3 rings (SSSR count). The van der Waals surface area contributed by atoms with Crippen molar-refractivity contribution in [3.05, 3.63) is 18.3 Å². The van der Waals surface area contributed by atoms with Gasteiger partial charge in [-0.25, -0.2) is 4.98 Å². The van der Waals surface area contributed by atoms with Gasteiger partial charge in [0.25, 0.3) is 0 Å². The van der Waals surface area contributed by atoms with Gasteiger partial charge in [0.1, 0.15) is 5.60 Å². The average Bonchev–Trinajstić information content (AvgIpc) is 3.10. The van der Waals surface area contributed by atoms with Crippen molar-refractivity contribution in [1.82, 2.24) is 4.98 Å². The zero-order valence-electron chi connectivity index (χ0n) is 10.1. The average molecular weight is 234 g/mol. The first-order valence-corrected chi connectivity index (χ1v) is 6.28. The zero-order valence-corrected chi connectivity index (χ0v) is 10.1. The molecule has 1 aromatic heterocycles. The van der Waals surface area contributed by atoms with Crippen LogP contribution in [0.3, 0.4) is 0 Å². The van der Waals surface area contributed by atoms with Crippen LogP contribution < -0.4 is 9.64 Å². The van der Waals surface area contributed by atoms with Gasteiger partial charge in [0.05, 0.1) is 19.7 Å². The molecule has 0 atom stereocenters. The number of nitrogens with zero attached hydrogens (tertiary/aromatic N) is 2. The molecule has 2 fully saturated rings. The Morgan fingerprint density at radius 1 is 1.53 bits per heavy atom. The fourth-order valence-corrected chi connectivity index (χ4v) is 2.53. The van der Waals surface area contributed by atoms with Gasteiger partial charge in [-0.1, -0.05) is 0 Å².